The number of sulfonamides is 1. The lowest BCUT2D eigenvalue weighted by atomic mass is 10.1. The fraction of sp³-hybridized carbons (Fsp3) is 0.125. The monoisotopic (exact) mass is 331 g/mol. The Morgan fingerprint density at radius 2 is 1.65 bits per heavy atom. The summed E-state index contributed by atoms with van der Waals surface area (Å²) < 4.78 is 30.8. The van der Waals surface area contributed by atoms with E-state index in [0.29, 0.717) is 9.87 Å². The van der Waals surface area contributed by atoms with Gasteiger partial charge >= 0.3 is 5.97 Å². The number of rotatable bonds is 3. The van der Waals surface area contributed by atoms with E-state index in [4.69, 9.17) is 4.74 Å². The molecule has 0 spiro atoms. The molecule has 0 saturated carbocycles. The maximum atomic E-state index is 12.7. The fourth-order valence-corrected chi connectivity index (χ4v) is 4.27. The SMILES string of the molecule is COC(=O)C(c1ccccc1)N1C(=O)c2ccccc2S1(=O)=O. The number of fused-ring (bicyclic) bond motifs is 1. The summed E-state index contributed by atoms with van der Waals surface area (Å²) in [5.41, 5.74) is 0.418. The third-order valence-electron chi connectivity index (χ3n) is 3.63. The van der Waals surface area contributed by atoms with Crippen molar-refractivity contribution >= 4 is 21.9 Å². The van der Waals surface area contributed by atoms with E-state index in [1.807, 2.05) is 0 Å². The van der Waals surface area contributed by atoms with Crippen molar-refractivity contribution in [2.75, 3.05) is 7.11 Å². The normalized spacial score (nSPS) is 16.7. The molecule has 1 heterocycles. The van der Waals surface area contributed by atoms with Gasteiger partial charge in [-0.05, 0) is 17.7 Å². The Labute approximate surface area is 133 Å². The topological polar surface area (TPSA) is 80.8 Å². The summed E-state index contributed by atoms with van der Waals surface area (Å²) in [6.07, 6.45) is 0. The van der Waals surface area contributed by atoms with E-state index >= 15 is 0 Å². The second kappa shape index (κ2) is 5.51. The van der Waals surface area contributed by atoms with Crippen molar-refractivity contribution in [3.05, 3.63) is 65.7 Å². The molecule has 0 saturated heterocycles. The molecule has 3 rings (SSSR count). The summed E-state index contributed by atoms with van der Waals surface area (Å²) in [6.45, 7) is 0. The molecule has 1 atom stereocenters. The molecule has 1 amide bonds. The molecule has 0 bridgehead atoms. The van der Waals surface area contributed by atoms with Crippen LogP contribution in [0.1, 0.15) is 22.0 Å². The van der Waals surface area contributed by atoms with Gasteiger partial charge in [-0.1, -0.05) is 42.5 Å². The first-order chi connectivity index (χ1) is 11.0. The molecular formula is C16H13NO5S. The van der Waals surface area contributed by atoms with E-state index in [1.165, 1.54) is 18.2 Å². The van der Waals surface area contributed by atoms with E-state index in [1.54, 1.807) is 36.4 Å². The number of hydrogen-bond acceptors (Lipinski definition) is 5. The molecule has 7 heteroatoms. The van der Waals surface area contributed by atoms with Gasteiger partial charge in [0.2, 0.25) is 0 Å². The maximum Gasteiger partial charge on any atom is 0.334 e. The molecule has 1 aliphatic heterocycles. The van der Waals surface area contributed by atoms with Gasteiger partial charge in [-0.15, -0.1) is 0 Å². The van der Waals surface area contributed by atoms with Crippen molar-refractivity contribution in [3.63, 3.8) is 0 Å². The molecule has 0 radical (unpaired) electrons. The smallest absolute Gasteiger partial charge is 0.334 e. The molecule has 2 aromatic carbocycles. The molecule has 0 N–H and O–H groups in total. The summed E-state index contributed by atoms with van der Waals surface area (Å²) >= 11 is 0. The standard InChI is InChI=1S/C16H13NO5S/c1-22-16(19)14(11-7-3-2-4-8-11)17-15(18)12-9-5-6-10-13(12)23(17,20)21/h2-10,14H,1H3. The van der Waals surface area contributed by atoms with Gasteiger partial charge in [-0.3, -0.25) is 4.79 Å². The van der Waals surface area contributed by atoms with Crippen LogP contribution in [-0.2, 0) is 19.6 Å². The fourth-order valence-electron chi connectivity index (χ4n) is 2.57. The number of esters is 1. The number of carbonyl (C=O) groups is 2. The Bertz CT molecular complexity index is 876. The highest BCUT2D eigenvalue weighted by Gasteiger charge is 2.48. The number of amides is 1. The van der Waals surface area contributed by atoms with Gasteiger partial charge in [0.25, 0.3) is 15.9 Å². The Balaban J connectivity index is 2.19. The lowest BCUT2D eigenvalue weighted by molar-refractivity contribution is -0.144. The van der Waals surface area contributed by atoms with Crippen LogP contribution in [0, 0.1) is 0 Å². The number of methoxy groups -OCH3 is 1. The minimum atomic E-state index is -4.12. The number of ether oxygens (including phenoxy) is 1. The second-order valence-electron chi connectivity index (χ2n) is 4.94. The molecule has 1 aliphatic rings. The third kappa shape index (κ3) is 2.29. The predicted molar refractivity (Wildman–Crippen MR) is 81.0 cm³/mol. The van der Waals surface area contributed by atoms with Crippen LogP contribution in [0.4, 0.5) is 0 Å². The Hall–Kier alpha value is -2.67. The van der Waals surface area contributed by atoms with Crippen molar-refractivity contribution in [1.82, 2.24) is 4.31 Å². The minimum Gasteiger partial charge on any atom is -0.467 e. The Morgan fingerprint density at radius 3 is 2.26 bits per heavy atom. The summed E-state index contributed by atoms with van der Waals surface area (Å²) in [6, 6.07) is 12.7. The van der Waals surface area contributed by atoms with E-state index in [0.717, 1.165) is 7.11 Å². The van der Waals surface area contributed by atoms with Crippen LogP contribution in [0.2, 0.25) is 0 Å². The molecule has 0 aliphatic carbocycles. The van der Waals surface area contributed by atoms with Crippen molar-refractivity contribution in [2.45, 2.75) is 10.9 Å². The van der Waals surface area contributed by atoms with Crippen LogP contribution in [0.25, 0.3) is 0 Å². The quantitative estimate of drug-likeness (QED) is 0.800. The summed E-state index contributed by atoms with van der Waals surface area (Å²) in [5, 5.41) is 0. The first kappa shape index (κ1) is 15.2. The molecule has 118 valence electrons. The zero-order valence-corrected chi connectivity index (χ0v) is 13.0. The minimum absolute atomic E-state index is 0.0531. The Morgan fingerprint density at radius 1 is 1.04 bits per heavy atom. The molecule has 6 nitrogen and oxygen atoms in total. The second-order valence-corrected chi connectivity index (χ2v) is 6.72. The first-order valence-corrected chi connectivity index (χ1v) is 8.23. The van der Waals surface area contributed by atoms with Crippen LogP contribution in [0.15, 0.2) is 59.5 Å². The number of nitrogens with zero attached hydrogens (tertiary/aromatic N) is 1. The molecule has 0 aromatic heterocycles. The van der Waals surface area contributed by atoms with Crippen LogP contribution in [-0.4, -0.2) is 31.7 Å². The van der Waals surface area contributed by atoms with Crippen LogP contribution in [0.5, 0.6) is 0 Å². The highest BCUT2D eigenvalue weighted by molar-refractivity contribution is 7.90. The van der Waals surface area contributed by atoms with Gasteiger partial charge in [-0.25, -0.2) is 17.5 Å². The average molecular weight is 331 g/mol. The van der Waals surface area contributed by atoms with E-state index < -0.39 is 27.9 Å². The Kier molecular flexibility index (Phi) is 3.65. The number of benzene rings is 2. The van der Waals surface area contributed by atoms with Crippen LogP contribution < -0.4 is 0 Å². The molecule has 1 unspecified atom stereocenters. The molecule has 2 aromatic rings. The maximum absolute atomic E-state index is 12.7. The van der Waals surface area contributed by atoms with Crippen molar-refractivity contribution < 1.29 is 22.7 Å². The van der Waals surface area contributed by atoms with Crippen LogP contribution in [0.3, 0.4) is 0 Å². The lowest BCUT2D eigenvalue weighted by Crippen LogP contribution is -2.39. The highest BCUT2D eigenvalue weighted by Crippen LogP contribution is 2.37. The van der Waals surface area contributed by atoms with Gasteiger partial charge in [-0.2, -0.15) is 0 Å². The lowest BCUT2D eigenvalue weighted by Gasteiger charge is -2.24. The van der Waals surface area contributed by atoms with Crippen molar-refractivity contribution in [2.24, 2.45) is 0 Å². The van der Waals surface area contributed by atoms with Crippen LogP contribution >= 0.6 is 0 Å². The number of hydrogen-bond donors (Lipinski definition) is 0. The van der Waals surface area contributed by atoms with Gasteiger partial charge in [0, 0.05) is 0 Å². The number of carbonyl (C=O) groups excluding carboxylic acids is 2. The molecular weight excluding hydrogens is 318 g/mol. The summed E-state index contributed by atoms with van der Waals surface area (Å²) in [5.74, 6) is -1.55. The van der Waals surface area contributed by atoms with Gasteiger partial charge in [0.1, 0.15) is 4.90 Å². The zero-order valence-electron chi connectivity index (χ0n) is 12.2. The van der Waals surface area contributed by atoms with E-state index in [2.05, 4.69) is 0 Å². The molecule has 23 heavy (non-hydrogen) atoms. The van der Waals surface area contributed by atoms with E-state index in [-0.39, 0.29) is 10.5 Å². The highest BCUT2D eigenvalue weighted by atomic mass is 32.2. The van der Waals surface area contributed by atoms with Gasteiger partial charge in [0.15, 0.2) is 6.04 Å². The average Bonchev–Trinajstić information content (AvgIpc) is 2.77. The van der Waals surface area contributed by atoms with E-state index in [9.17, 15) is 18.0 Å². The zero-order chi connectivity index (χ0) is 16.6. The van der Waals surface area contributed by atoms with Gasteiger partial charge in [0.05, 0.1) is 12.7 Å². The molecule has 0 fully saturated rings. The summed E-state index contributed by atoms with van der Waals surface area (Å²) in [7, 11) is -2.96. The van der Waals surface area contributed by atoms with Crippen molar-refractivity contribution in [1.29, 1.82) is 0 Å². The van der Waals surface area contributed by atoms with Gasteiger partial charge < -0.3 is 4.74 Å². The third-order valence-corrected chi connectivity index (χ3v) is 5.44. The van der Waals surface area contributed by atoms with Crippen molar-refractivity contribution in [3.8, 4) is 0 Å². The largest absolute Gasteiger partial charge is 0.467 e. The summed E-state index contributed by atoms with van der Waals surface area (Å²) in [4.78, 5) is 24.7. The first-order valence-electron chi connectivity index (χ1n) is 6.79. The predicted octanol–water partition coefficient (Wildman–Crippen LogP) is 1.75.